The summed E-state index contributed by atoms with van der Waals surface area (Å²) >= 11 is 0. The zero-order valence-corrected chi connectivity index (χ0v) is 17.3. The average molecular weight is 410 g/mol. The fourth-order valence-electron chi connectivity index (χ4n) is 4.58. The molecule has 8 heteroatoms. The predicted octanol–water partition coefficient (Wildman–Crippen LogP) is 2.15. The Morgan fingerprint density at radius 3 is 2.77 bits per heavy atom. The minimum atomic E-state index is -0.526. The fraction of sp³-hybridized carbons (Fsp3) is 0.455. The molecular formula is C22H26N4O4. The van der Waals surface area contributed by atoms with Gasteiger partial charge in [-0.05, 0) is 25.3 Å². The normalized spacial score (nSPS) is 21.2. The van der Waals surface area contributed by atoms with Gasteiger partial charge in [-0.2, -0.15) is 0 Å². The van der Waals surface area contributed by atoms with Gasteiger partial charge in [0.15, 0.2) is 11.5 Å². The van der Waals surface area contributed by atoms with Gasteiger partial charge in [0.05, 0.1) is 25.8 Å². The van der Waals surface area contributed by atoms with Crippen LogP contribution in [0.5, 0.6) is 11.5 Å². The molecule has 1 aromatic carbocycles. The van der Waals surface area contributed by atoms with Crippen LogP contribution in [0.3, 0.4) is 0 Å². The molecule has 3 heterocycles. The second-order valence-electron chi connectivity index (χ2n) is 7.83. The molecule has 0 aliphatic carbocycles. The molecule has 1 spiro atoms. The van der Waals surface area contributed by atoms with Crippen LogP contribution in [0.15, 0.2) is 36.8 Å². The molecule has 2 saturated heterocycles. The summed E-state index contributed by atoms with van der Waals surface area (Å²) in [6.07, 6.45) is 6.89. The fourth-order valence-corrected chi connectivity index (χ4v) is 4.58. The summed E-state index contributed by atoms with van der Waals surface area (Å²) in [4.78, 5) is 38.0. The van der Waals surface area contributed by atoms with Gasteiger partial charge in [0.1, 0.15) is 5.69 Å². The molecule has 8 nitrogen and oxygen atoms in total. The van der Waals surface area contributed by atoms with Gasteiger partial charge in [0, 0.05) is 44.1 Å². The lowest BCUT2D eigenvalue weighted by Crippen LogP contribution is -2.50. The maximum Gasteiger partial charge on any atom is 0.274 e. The number of piperidine rings is 1. The lowest BCUT2D eigenvalue weighted by molar-refractivity contribution is -0.146. The van der Waals surface area contributed by atoms with Crippen LogP contribution in [-0.2, 0) is 11.3 Å². The summed E-state index contributed by atoms with van der Waals surface area (Å²) in [5.74, 6) is 1.24. The quantitative estimate of drug-likeness (QED) is 0.751. The molecule has 2 amide bonds. The van der Waals surface area contributed by atoms with Gasteiger partial charge in [-0.25, -0.2) is 4.98 Å². The van der Waals surface area contributed by atoms with Crippen molar-refractivity contribution in [1.29, 1.82) is 0 Å². The Morgan fingerprint density at radius 1 is 1.17 bits per heavy atom. The highest BCUT2D eigenvalue weighted by Crippen LogP contribution is 2.41. The van der Waals surface area contributed by atoms with Gasteiger partial charge >= 0.3 is 0 Å². The van der Waals surface area contributed by atoms with Gasteiger partial charge < -0.3 is 19.3 Å². The number of para-hydroxylation sites is 1. The van der Waals surface area contributed by atoms with Crippen LogP contribution in [0.1, 0.15) is 35.3 Å². The second kappa shape index (κ2) is 8.30. The number of benzene rings is 1. The summed E-state index contributed by atoms with van der Waals surface area (Å²) in [6.45, 7) is 2.13. The van der Waals surface area contributed by atoms with E-state index in [0.29, 0.717) is 49.8 Å². The largest absolute Gasteiger partial charge is 0.493 e. The smallest absolute Gasteiger partial charge is 0.274 e. The molecule has 2 fully saturated rings. The topological polar surface area (TPSA) is 84.9 Å². The van der Waals surface area contributed by atoms with Crippen molar-refractivity contribution in [1.82, 2.24) is 19.8 Å². The van der Waals surface area contributed by atoms with E-state index in [0.717, 1.165) is 18.4 Å². The molecule has 2 aliphatic heterocycles. The number of carbonyl (C=O) groups is 2. The van der Waals surface area contributed by atoms with E-state index in [-0.39, 0.29) is 11.8 Å². The average Bonchev–Trinajstić information content (AvgIpc) is 3.21. The molecule has 0 N–H and O–H groups in total. The van der Waals surface area contributed by atoms with Crippen molar-refractivity contribution in [2.45, 2.75) is 25.8 Å². The Balaban J connectivity index is 1.51. The van der Waals surface area contributed by atoms with E-state index in [1.807, 2.05) is 23.1 Å². The van der Waals surface area contributed by atoms with E-state index in [4.69, 9.17) is 9.47 Å². The number of ether oxygens (including phenoxy) is 2. The molecule has 1 atom stereocenters. The molecule has 158 valence electrons. The van der Waals surface area contributed by atoms with E-state index in [1.54, 1.807) is 19.1 Å². The van der Waals surface area contributed by atoms with Crippen LogP contribution in [0.25, 0.3) is 0 Å². The number of hydrogen-bond acceptors (Lipinski definition) is 6. The van der Waals surface area contributed by atoms with Crippen LogP contribution in [-0.4, -0.2) is 65.4 Å². The minimum absolute atomic E-state index is 0.105. The van der Waals surface area contributed by atoms with Crippen LogP contribution < -0.4 is 9.47 Å². The van der Waals surface area contributed by atoms with Crippen LogP contribution in [0.4, 0.5) is 0 Å². The van der Waals surface area contributed by atoms with Gasteiger partial charge in [0.25, 0.3) is 5.91 Å². The predicted molar refractivity (Wildman–Crippen MR) is 109 cm³/mol. The third kappa shape index (κ3) is 3.58. The summed E-state index contributed by atoms with van der Waals surface area (Å²) in [7, 11) is 3.21. The monoisotopic (exact) mass is 410 g/mol. The molecule has 0 unspecified atom stereocenters. The number of rotatable bonds is 5. The highest BCUT2D eigenvalue weighted by Gasteiger charge is 2.49. The molecular weight excluding hydrogens is 384 g/mol. The Labute approximate surface area is 175 Å². The van der Waals surface area contributed by atoms with E-state index >= 15 is 0 Å². The van der Waals surface area contributed by atoms with Crippen molar-refractivity contribution in [2.75, 3.05) is 33.9 Å². The SMILES string of the molecule is COc1cccc(CN2CCC[C@@]3(CCN(C(=O)c4cnccn4)C3)C2=O)c1OC. The van der Waals surface area contributed by atoms with Crippen LogP contribution in [0, 0.1) is 5.41 Å². The van der Waals surface area contributed by atoms with Crippen molar-refractivity contribution in [3.8, 4) is 11.5 Å². The number of nitrogens with zero attached hydrogens (tertiary/aromatic N) is 4. The highest BCUT2D eigenvalue weighted by molar-refractivity contribution is 5.93. The Morgan fingerprint density at radius 2 is 2.03 bits per heavy atom. The molecule has 1 aromatic heterocycles. The Bertz CT molecular complexity index is 936. The first-order valence-corrected chi connectivity index (χ1v) is 10.1. The van der Waals surface area contributed by atoms with Crippen molar-refractivity contribution in [3.63, 3.8) is 0 Å². The van der Waals surface area contributed by atoms with Gasteiger partial charge in [-0.1, -0.05) is 12.1 Å². The Hall–Kier alpha value is -3.16. The first kappa shape index (κ1) is 20.1. The molecule has 0 bridgehead atoms. The lowest BCUT2D eigenvalue weighted by Gasteiger charge is -2.39. The minimum Gasteiger partial charge on any atom is -0.493 e. The van der Waals surface area contributed by atoms with Crippen molar-refractivity contribution in [2.24, 2.45) is 5.41 Å². The zero-order chi connectivity index (χ0) is 21.1. The molecule has 30 heavy (non-hydrogen) atoms. The maximum absolute atomic E-state index is 13.5. The number of methoxy groups -OCH3 is 2. The van der Waals surface area contributed by atoms with Crippen molar-refractivity contribution in [3.05, 3.63) is 48.0 Å². The first-order valence-electron chi connectivity index (χ1n) is 10.1. The molecule has 2 aliphatic rings. The van der Waals surface area contributed by atoms with Gasteiger partial charge in [-0.3, -0.25) is 14.6 Å². The number of likely N-dealkylation sites (tertiary alicyclic amines) is 2. The van der Waals surface area contributed by atoms with E-state index in [2.05, 4.69) is 9.97 Å². The first-order chi connectivity index (χ1) is 14.6. The number of amides is 2. The summed E-state index contributed by atoms with van der Waals surface area (Å²) in [6, 6.07) is 5.70. The standard InChI is InChI=1S/C22H26N4O4/c1-29-18-6-3-5-16(19(18)30-2)14-25-11-4-7-22(21(25)28)8-12-26(15-22)20(27)17-13-23-9-10-24-17/h3,5-6,9-10,13H,4,7-8,11-12,14-15H2,1-2H3/t22-/m0/s1. The third-order valence-corrected chi connectivity index (χ3v) is 6.09. The molecule has 4 rings (SSSR count). The maximum atomic E-state index is 13.5. The zero-order valence-electron chi connectivity index (χ0n) is 17.3. The lowest BCUT2D eigenvalue weighted by atomic mass is 9.78. The third-order valence-electron chi connectivity index (χ3n) is 6.09. The van der Waals surface area contributed by atoms with Crippen LogP contribution >= 0.6 is 0 Å². The number of hydrogen-bond donors (Lipinski definition) is 0. The highest BCUT2D eigenvalue weighted by atomic mass is 16.5. The number of aromatic nitrogens is 2. The van der Waals surface area contributed by atoms with Crippen molar-refractivity contribution < 1.29 is 19.1 Å². The van der Waals surface area contributed by atoms with E-state index in [1.165, 1.54) is 18.6 Å². The van der Waals surface area contributed by atoms with Gasteiger partial charge in [0.2, 0.25) is 5.91 Å². The van der Waals surface area contributed by atoms with Crippen molar-refractivity contribution >= 4 is 11.8 Å². The summed E-state index contributed by atoms with van der Waals surface area (Å²) < 4.78 is 10.9. The number of carbonyl (C=O) groups excluding carboxylic acids is 2. The molecule has 2 aromatic rings. The molecule has 0 saturated carbocycles. The second-order valence-corrected chi connectivity index (χ2v) is 7.83. The van der Waals surface area contributed by atoms with Crippen LogP contribution in [0.2, 0.25) is 0 Å². The molecule has 0 radical (unpaired) electrons. The van der Waals surface area contributed by atoms with Gasteiger partial charge in [-0.15, -0.1) is 0 Å². The summed E-state index contributed by atoms with van der Waals surface area (Å²) in [5, 5.41) is 0. The Kier molecular flexibility index (Phi) is 5.57. The summed E-state index contributed by atoms with van der Waals surface area (Å²) in [5.41, 5.74) is 0.700. The van der Waals surface area contributed by atoms with E-state index in [9.17, 15) is 9.59 Å². The van der Waals surface area contributed by atoms with E-state index < -0.39 is 5.41 Å².